The van der Waals surface area contributed by atoms with Gasteiger partial charge in [0, 0.05) is 42.4 Å². The van der Waals surface area contributed by atoms with Gasteiger partial charge in [-0.25, -0.2) is 19.6 Å². The van der Waals surface area contributed by atoms with E-state index in [1.54, 1.807) is 47.9 Å². The first-order valence-corrected chi connectivity index (χ1v) is 31.2. The number of hydrogen-bond acceptors (Lipinski definition) is 16. The summed E-state index contributed by atoms with van der Waals surface area (Å²) in [6.07, 6.45) is 21.5. The van der Waals surface area contributed by atoms with E-state index in [1.165, 1.54) is 12.5 Å². The van der Waals surface area contributed by atoms with Crippen molar-refractivity contribution in [3.63, 3.8) is 0 Å². The Balaban J connectivity index is 0.835. The van der Waals surface area contributed by atoms with Gasteiger partial charge >= 0.3 is 23.9 Å². The lowest BCUT2D eigenvalue weighted by Gasteiger charge is -2.30. The number of hydrazone groups is 1. The summed E-state index contributed by atoms with van der Waals surface area (Å²) in [5, 5.41) is 7.96. The molecular formula is C68H81N3O12S. The molecule has 1 aromatic heterocycles. The Hall–Kier alpha value is -7.46. The van der Waals surface area contributed by atoms with E-state index in [0.29, 0.717) is 107 Å². The highest BCUT2D eigenvalue weighted by molar-refractivity contribution is 7.22. The number of esters is 4. The molecule has 16 heteroatoms. The van der Waals surface area contributed by atoms with Crippen molar-refractivity contribution in [2.45, 2.75) is 154 Å². The lowest BCUT2D eigenvalue weighted by atomic mass is 9.79. The molecule has 0 bridgehead atoms. The number of carbonyl (C=O) groups excluding carboxylic acids is 6. The van der Waals surface area contributed by atoms with Crippen LogP contribution in [0.25, 0.3) is 10.2 Å². The fraction of sp³-hybridized carbons (Fsp3) is 0.471. The van der Waals surface area contributed by atoms with Crippen molar-refractivity contribution < 1.29 is 57.2 Å². The van der Waals surface area contributed by atoms with E-state index >= 15 is 0 Å². The fourth-order valence-corrected chi connectivity index (χ4v) is 12.3. The summed E-state index contributed by atoms with van der Waals surface area (Å²) in [6, 6.07) is 28.5. The number of thiazole rings is 1. The van der Waals surface area contributed by atoms with E-state index in [2.05, 4.69) is 19.2 Å². The number of carbonyl (C=O) groups is 6. The number of unbranched alkanes of at least 4 members (excludes halogenated alkanes) is 6. The Labute approximate surface area is 498 Å². The molecule has 1 heterocycles. The van der Waals surface area contributed by atoms with Crippen LogP contribution < -0.4 is 24.0 Å². The smallest absolute Gasteiger partial charge is 0.330 e. The number of nitrogens with zero attached hydrogens (tertiary/aromatic N) is 3. The first kappa shape index (κ1) is 62.6. The summed E-state index contributed by atoms with van der Waals surface area (Å²) in [5.41, 5.74) is 3.19. The van der Waals surface area contributed by atoms with Gasteiger partial charge in [-0.1, -0.05) is 74.1 Å². The number of Topliss-reactive ketones (excluding diaryl/α,β-unsaturated/α-hetero) is 2. The molecular weight excluding hydrogens is 1080 g/mol. The van der Waals surface area contributed by atoms with Gasteiger partial charge in [0.1, 0.15) is 34.6 Å². The van der Waals surface area contributed by atoms with Crippen LogP contribution in [0, 0.1) is 23.7 Å². The first-order chi connectivity index (χ1) is 41.0. The predicted molar refractivity (Wildman–Crippen MR) is 326 cm³/mol. The van der Waals surface area contributed by atoms with Crippen molar-refractivity contribution >= 4 is 68.3 Å². The number of benzene rings is 4. The van der Waals surface area contributed by atoms with Gasteiger partial charge in [0.2, 0.25) is 5.13 Å². The van der Waals surface area contributed by atoms with Gasteiger partial charge in [-0.3, -0.25) is 19.2 Å². The van der Waals surface area contributed by atoms with Gasteiger partial charge in [0.05, 0.1) is 60.7 Å². The van der Waals surface area contributed by atoms with Crippen molar-refractivity contribution in [1.29, 1.82) is 0 Å². The molecule has 0 N–H and O–H groups in total. The number of ketones is 2. The van der Waals surface area contributed by atoms with Crippen molar-refractivity contribution in [3.05, 3.63) is 133 Å². The van der Waals surface area contributed by atoms with Crippen LogP contribution in [0.4, 0.5) is 5.13 Å². The Morgan fingerprint density at radius 2 is 1.02 bits per heavy atom. The molecule has 0 saturated heterocycles. The van der Waals surface area contributed by atoms with Crippen LogP contribution in [0.1, 0.15) is 152 Å². The van der Waals surface area contributed by atoms with Crippen molar-refractivity contribution in [2.75, 3.05) is 31.4 Å². The van der Waals surface area contributed by atoms with Gasteiger partial charge < -0.3 is 28.4 Å². The molecule has 3 fully saturated rings. The topological polar surface area (TPSA) is 186 Å². The predicted octanol–water partition coefficient (Wildman–Crippen LogP) is 13.9. The zero-order valence-corrected chi connectivity index (χ0v) is 49.3. The quantitative estimate of drug-likeness (QED) is 0.00988. The molecule has 3 aliphatic rings. The molecule has 0 atom stereocenters. The SMILES string of the molecule is C=CC(=O)OCCCCCCOc1ccc(CC(=O)[C@H]2CC[C@H](C(=O)Oc3ccc(CC(=O)[C@H]4CC[C@H](C(=O)Oc5ccc(OCCCCCCOC(=O)C=C)cc5)CC4)cc3/C=N/N(c3nc4ccccc4s3)C3CCCCC3)CC2)cc1. The van der Waals surface area contributed by atoms with Gasteiger partial charge in [-0.15, -0.1) is 0 Å². The maximum absolute atomic E-state index is 14.1. The number of para-hydroxylation sites is 1. The number of hydrogen-bond donors (Lipinski definition) is 0. The van der Waals surface area contributed by atoms with E-state index in [9.17, 15) is 28.8 Å². The molecule has 0 amide bonds. The van der Waals surface area contributed by atoms with Crippen LogP contribution in [0.5, 0.6) is 23.0 Å². The molecule has 15 nitrogen and oxygen atoms in total. The summed E-state index contributed by atoms with van der Waals surface area (Å²) in [5.74, 6) is 0.0102. The number of rotatable bonds is 32. The molecule has 4 aromatic carbocycles. The number of anilines is 1. The molecule has 3 aliphatic carbocycles. The number of aromatic nitrogens is 1. The molecule has 0 radical (unpaired) electrons. The second-order valence-corrected chi connectivity index (χ2v) is 23.3. The highest BCUT2D eigenvalue weighted by Gasteiger charge is 2.33. The van der Waals surface area contributed by atoms with Crippen LogP contribution in [0.2, 0.25) is 0 Å². The lowest BCUT2D eigenvalue weighted by molar-refractivity contribution is -0.141. The highest BCUT2D eigenvalue weighted by atomic mass is 32.1. The van der Waals surface area contributed by atoms with Crippen LogP contribution in [0.15, 0.2) is 121 Å². The van der Waals surface area contributed by atoms with E-state index in [0.717, 1.165) is 115 Å². The van der Waals surface area contributed by atoms with Gasteiger partial charge in [0.15, 0.2) is 0 Å². The summed E-state index contributed by atoms with van der Waals surface area (Å²) < 4.78 is 34.9. The lowest BCUT2D eigenvalue weighted by Crippen LogP contribution is -2.32. The molecule has 0 aliphatic heterocycles. The second-order valence-electron chi connectivity index (χ2n) is 22.3. The first-order valence-electron chi connectivity index (χ1n) is 30.3. The largest absolute Gasteiger partial charge is 0.494 e. The summed E-state index contributed by atoms with van der Waals surface area (Å²) in [6.45, 7) is 8.70. The monoisotopic (exact) mass is 1160 g/mol. The highest BCUT2D eigenvalue weighted by Crippen LogP contribution is 2.37. The number of ether oxygens (including phenoxy) is 6. The number of fused-ring (bicyclic) bond motifs is 1. The average Bonchev–Trinajstić information content (AvgIpc) is 3.67. The summed E-state index contributed by atoms with van der Waals surface area (Å²) in [7, 11) is 0. The van der Waals surface area contributed by atoms with Crippen molar-refractivity contribution in [2.24, 2.45) is 28.8 Å². The third kappa shape index (κ3) is 19.6. The average molecular weight is 1160 g/mol. The molecule has 84 heavy (non-hydrogen) atoms. The van der Waals surface area contributed by atoms with Crippen molar-refractivity contribution in [3.8, 4) is 23.0 Å². The van der Waals surface area contributed by atoms with Crippen LogP contribution >= 0.6 is 11.3 Å². The summed E-state index contributed by atoms with van der Waals surface area (Å²) in [4.78, 5) is 82.3. The van der Waals surface area contributed by atoms with Crippen LogP contribution in [-0.2, 0) is 51.1 Å². The standard InChI is InChI=1S/C68H81N3O12S/c1-3-64(74)80-42-16-7-5-14-40-78-56-33-22-48(23-34-56)45-60(72)50-27-31-53(32-28-50)67(77)83-62-39-24-49(44-54(62)47-69-71(55-18-10-9-11-19-55)68-70-59-20-12-13-21-63(59)84-68)46-61(73)51-25-29-52(30-26-51)66(76)82-58-37-35-57(36-38-58)79-41-15-6-8-17-43-81-65(75)4-2/h3-4,12-13,20-24,33-39,44,47,50-53,55H,1-2,5-11,14-19,25-32,40-43,45-46H2/b69-47+/t50-,51-,52-,53-. The van der Waals surface area contributed by atoms with E-state index in [4.69, 9.17) is 38.5 Å². The maximum atomic E-state index is 14.1. The zero-order chi connectivity index (χ0) is 58.9. The van der Waals surface area contributed by atoms with E-state index in [1.807, 2.05) is 59.6 Å². The second kappa shape index (κ2) is 33.1. The minimum atomic E-state index is -0.406. The van der Waals surface area contributed by atoms with Gasteiger partial charge in [0.25, 0.3) is 0 Å². The Morgan fingerprint density at radius 3 is 1.58 bits per heavy atom. The Bertz CT molecular complexity index is 2970. The molecule has 446 valence electrons. The van der Waals surface area contributed by atoms with Gasteiger partial charge in [-0.05, 0) is 187 Å². The minimum Gasteiger partial charge on any atom is -0.494 e. The van der Waals surface area contributed by atoms with E-state index in [-0.39, 0.29) is 59.6 Å². The minimum absolute atomic E-state index is 0.0938. The molecule has 0 spiro atoms. The van der Waals surface area contributed by atoms with Gasteiger partial charge in [-0.2, -0.15) is 5.10 Å². The molecule has 5 aromatic rings. The third-order valence-electron chi connectivity index (χ3n) is 16.2. The molecule has 0 unspecified atom stereocenters. The van der Waals surface area contributed by atoms with Crippen LogP contribution in [0.3, 0.4) is 0 Å². The summed E-state index contributed by atoms with van der Waals surface area (Å²) >= 11 is 1.60. The normalized spacial score (nSPS) is 18.1. The fourth-order valence-electron chi connectivity index (χ4n) is 11.3. The third-order valence-corrected chi connectivity index (χ3v) is 17.2. The van der Waals surface area contributed by atoms with Crippen LogP contribution in [-0.4, -0.2) is 79.1 Å². The molecule has 3 saturated carbocycles. The van der Waals surface area contributed by atoms with E-state index < -0.39 is 11.9 Å². The Kier molecular flexibility index (Phi) is 24.7. The van der Waals surface area contributed by atoms with Crippen molar-refractivity contribution in [1.82, 2.24) is 4.98 Å². The maximum Gasteiger partial charge on any atom is 0.330 e. The molecule has 8 rings (SSSR count). The zero-order valence-electron chi connectivity index (χ0n) is 48.4. The Morgan fingerprint density at radius 1 is 0.536 bits per heavy atom.